The number of rotatable bonds is 4. The van der Waals surface area contributed by atoms with E-state index in [4.69, 9.17) is 5.11 Å². The Kier molecular flexibility index (Phi) is 4.51. The normalized spacial score (nSPS) is 23.5. The number of nitrogens with one attached hydrogen (secondary N) is 1. The molecule has 1 aliphatic heterocycles. The van der Waals surface area contributed by atoms with E-state index in [1.807, 2.05) is 0 Å². The van der Waals surface area contributed by atoms with Gasteiger partial charge in [0, 0.05) is 24.6 Å². The highest BCUT2D eigenvalue weighted by molar-refractivity contribution is 5.96. The van der Waals surface area contributed by atoms with E-state index in [0.717, 1.165) is 0 Å². The lowest BCUT2D eigenvalue weighted by Gasteiger charge is -2.17. The molecule has 1 saturated heterocycles. The fraction of sp³-hybridized carbons (Fsp3) is 0.471. The average molecular weight is 334 g/mol. The van der Waals surface area contributed by atoms with Crippen molar-refractivity contribution in [2.24, 2.45) is 11.8 Å². The topological polar surface area (TPSA) is 86.7 Å². The number of anilines is 2. The van der Waals surface area contributed by atoms with Gasteiger partial charge in [-0.2, -0.15) is 0 Å². The molecule has 0 unspecified atom stereocenters. The molecule has 2 fully saturated rings. The predicted molar refractivity (Wildman–Crippen MR) is 85.1 cm³/mol. The second-order valence-electron chi connectivity index (χ2n) is 6.35. The molecule has 128 valence electrons. The third-order valence-electron chi connectivity index (χ3n) is 4.73. The first kappa shape index (κ1) is 16.4. The molecule has 6 nitrogen and oxygen atoms in total. The van der Waals surface area contributed by atoms with E-state index in [2.05, 4.69) is 5.32 Å². The second-order valence-corrected chi connectivity index (χ2v) is 6.35. The maximum absolute atomic E-state index is 14.2. The molecule has 0 aromatic heterocycles. The fourth-order valence-electron chi connectivity index (χ4n) is 3.39. The van der Waals surface area contributed by atoms with Crippen LogP contribution >= 0.6 is 0 Å². The number of aliphatic carboxylic acids is 1. The van der Waals surface area contributed by atoms with Gasteiger partial charge >= 0.3 is 5.97 Å². The fourth-order valence-corrected chi connectivity index (χ4v) is 3.39. The van der Waals surface area contributed by atoms with Crippen LogP contribution < -0.4 is 10.2 Å². The highest BCUT2D eigenvalue weighted by atomic mass is 19.1. The summed E-state index contributed by atoms with van der Waals surface area (Å²) in [7, 11) is 0. The minimum absolute atomic E-state index is 0.101. The third kappa shape index (κ3) is 3.25. The van der Waals surface area contributed by atoms with Gasteiger partial charge in [0.25, 0.3) is 0 Å². The number of hydrogen-bond acceptors (Lipinski definition) is 3. The van der Waals surface area contributed by atoms with Crippen LogP contribution in [0.25, 0.3) is 0 Å². The van der Waals surface area contributed by atoms with Gasteiger partial charge in [0.15, 0.2) is 0 Å². The number of carboxylic acid groups (broad SMARTS) is 1. The van der Waals surface area contributed by atoms with Gasteiger partial charge in [0.2, 0.25) is 11.8 Å². The van der Waals surface area contributed by atoms with Crippen molar-refractivity contribution in [1.29, 1.82) is 0 Å². The minimum Gasteiger partial charge on any atom is -0.481 e. The molecular weight excluding hydrogens is 315 g/mol. The number of carbonyl (C=O) groups is 3. The van der Waals surface area contributed by atoms with Crippen LogP contribution in [0.3, 0.4) is 0 Å². The lowest BCUT2D eigenvalue weighted by molar-refractivity contribution is -0.141. The minimum atomic E-state index is -0.879. The zero-order chi connectivity index (χ0) is 17.3. The van der Waals surface area contributed by atoms with Crippen molar-refractivity contribution >= 4 is 29.2 Å². The number of carbonyl (C=O) groups excluding carboxylic acids is 2. The molecule has 1 aliphatic carbocycles. The van der Waals surface area contributed by atoms with Gasteiger partial charge in [-0.15, -0.1) is 0 Å². The van der Waals surface area contributed by atoms with Crippen LogP contribution in [0.2, 0.25) is 0 Å². The van der Waals surface area contributed by atoms with Crippen LogP contribution in [-0.4, -0.2) is 29.4 Å². The molecule has 1 heterocycles. The molecule has 3 rings (SSSR count). The van der Waals surface area contributed by atoms with Crippen molar-refractivity contribution in [1.82, 2.24) is 0 Å². The van der Waals surface area contributed by atoms with Gasteiger partial charge < -0.3 is 15.3 Å². The highest BCUT2D eigenvalue weighted by Crippen LogP contribution is 2.32. The van der Waals surface area contributed by atoms with Gasteiger partial charge in [0.1, 0.15) is 5.82 Å². The molecule has 1 aromatic carbocycles. The summed E-state index contributed by atoms with van der Waals surface area (Å²) >= 11 is 0. The number of nitrogens with zero attached hydrogens (tertiary/aromatic N) is 1. The SMILES string of the molecule is O=C(O)[C@@H]1CC[C@H](C(=O)Nc2ccc(N3CCCC3=O)c(F)c2)C1. The molecule has 1 aromatic rings. The van der Waals surface area contributed by atoms with Crippen LogP contribution in [0.1, 0.15) is 32.1 Å². The molecule has 2 atom stereocenters. The Bertz CT molecular complexity index is 691. The number of halogens is 1. The van der Waals surface area contributed by atoms with E-state index in [9.17, 15) is 18.8 Å². The maximum Gasteiger partial charge on any atom is 0.306 e. The zero-order valence-corrected chi connectivity index (χ0v) is 13.1. The maximum atomic E-state index is 14.2. The second kappa shape index (κ2) is 6.59. The summed E-state index contributed by atoms with van der Waals surface area (Å²) < 4.78 is 14.2. The van der Waals surface area contributed by atoms with Gasteiger partial charge in [-0.1, -0.05) is 0 Å². The summed E-state index contributed by atoms with van der Waals surface area (Å²) in [5.41, 5.74) is 0.536. The predicted octanol–water partition coefficient (Wildman–Crippen LogP) is 2.39. The number of hydrogen-bond donors (Lipinski definition) is 2. The summed E-state index contributed by atoms with van der Waals surface area (Å²) in [6, 6.07) is 4.25. The monoisotopic (exact) mass is 334 g/mol. The Morgan fingerprint density at radius 1 is 1.25 bits per heavy atom. The van der Waals surface area contributed by atoms with Crippen molar-refractivity contribution in [3.05, 3.63) is 24.0 Å². The molecule has 24 heavy (non-hydrogen) atoms. The van der Waals surface area contributed by atoms with Gasteiger partial charge in [-0.3, -0.25) is 14.4 Å². The Morgan fingerprint density at radius 3 is 2.58 bits per heavy atom. The van der Waals surface area contributed by atoms with E-state index < -0.39 is 17.7 Å². The quantitative estimate of drug-likeness (QED) is 0.885. The summed E-state index contributed by atoms with van der Waals surface area (Å²) in [5, 5.41) is 11.6. The van der Waals surface area contributed by atoms with Crippen LogP contribution in [0.4, 0.5) is 15.8 Å². The molecule has 0 bridgehead atoms. The largest absolute Gasteiger partial charge is 0.481 e. The first-order chi connectivity index (χ1) is 11.5. The standard InChI is InChI=1S/C17H19FN2O4/c18-13-9-12(5-6-14(13)20-7-1-2-15(20)21)19-16(22)10-3-4-11(8-10)17(23)24/h5-6,9-11H,1-4,7-8H2,(H,19,22)(H,23,24)/t10-,11+/m0/s1. The first-order valence-electron chi connectivity index (χ1n) is 8.09. The summed E-state index contributed by atoms with van der Waals surface area (Å²) in [6.45, 7) is 0.500. The number of benzene rings is 1. The highest BCUT2D eigenvalue weighted by Gasteiger charge is 2.34. The van der Waals surface area contributed by atoms with Crippen molar-refractivity contribution in [3.8, 4) is 0 Å². The van der Waals surface area contributed by atoms with Crippen LogP contribution in [0.5, 0.6) is 0 Å². The molecule has 7 heteroatoms. The Balaban J connectivity index is 1.66. The van der Waals surface area contributed by atoms with Gasteiger partial charge in [-0.25, -0.2) is 4.39 Å². The molecule has 2 aliphatic rings. The zero-order valence-electron chi connectivity index (χ0n) is 13.1. The van der Waals surface area contributed by atoms with E-state index in [1.54, 1.807) is 6.07 Å². The summed E-state index contributed by atoms with van der Waals surface area (Å²) in [4.78, 5) is 36.2. The molecule has 0 radical (unpaired) electrons. The van der Waals surface area contributed by atoms with E-state index in [1.165, 1.54) is 17.0 Å². The molecule has 2 amide bonds. The first-order valence-corrected chi connectivity index (χ1v) is 8.09. The lowest BCUT2D eigenvalue weighted by atomic mass is 10.0. The van der Waals surface area contributed by atoms with E-state index >= 15 is 0 Å². The average Bonchev–Trinajstić information content (AvgIpc) is 3.17. The smallest absolute Gasteiger partial charge is 0.306 e. The van der Waals surface area contributed by atoms with E-state index in [0.29, 0.717) is 44.3 Å². The van der Waals surface area contributed by atoms with Crippen molar-refractivity contribution in [3.63, 3.8) is 0 Å². The van der Waals surface area contributed by atoms with Crippen LogP contribution in [-0.2, 0) is 14.4 Å². The van der Waals surface area contributed by atoms with Crippen LogP contribution in [0, 0.1) is 17.7 Å². The Labute approximate surface area is 138 Å². The van der Waals surface area contributed by atoms with Gasteiger partial charge in [-0.05, 0) is 43.9 Å². The summed E-state index contributed by atoms with van der Waals surface area (Å²) in [5.74, 6) is -2.68. The van der Waals surface area contributed by atoms with Crippen molar-refractivity contribution in [2.45, 2.75) is 32.1 Å². The van der Waals surface area contributed by atoms with Crippen molar-refractivity contribution < 1.29 is 23.9 Å². The van der Waals surface area contributed by atoms with E-state index in [-0.39, 0.29) is 23.4 Å². The Morgan fingerprint density at radius 2 is 2.00 bits per heavy atom. The molecule has 0 spiro atoms. The molecule has 2 N–H and O–H groups in total. The number of amides is 2. The Hall–Kier alpha value is -2.44. The third-order valence-corrected chi connectivity index (χ3v) is 4.73. The molecular formula is C17H19FN2O4. The summed E-state index contributed by atoms with van der Waals surface area (Å²) in [6.07, 6.45) is 2.45. The number of carboxylic acids is 1. The van der Waals surface area contributed by atoms with Crippen molar-refractivity contribution in [2.75, 3.05) is 16.8 Å². The van der Waals surface area contributed by atoms with Gasteiger partial charge in [0.05, 0.1) is 11.6 Å². The molecule has 1 saturated carbocycles. The lowest BCUT2D eigenvalue weighted by Crippen LogP contribution is -2.25. The van der Waals surface area contributed by atoms with Crippen LogP contribution in [0.15, 0.2) is 18.2 Å².